The maximum Gasteiger partial charge on any atom is 0.332 e. The van der Waals surface area contributed by atoms with E-state index in [0.29, 0.717) is 40.9 Å². The van der Waals surface area contributed by atoms with E-state index in [4.69, 9.17) is 23.2 Å². The normalized spacial score (nSPS) is 22.4. The number of hydrogen-bond acceptors (Lipinski definition) is 5. The lowest BCUT2D eigenvalue weighted by Gasteiger charge is -2.34. The molecule has 2 fully saturated rings. The zero-order valence-corrected chi connectivity index (χ0v) is 20.7. The van der Waals surface area contributed by atoms with Crippen molar-refractivity contribution in [1.29, 1.82) is 5.26 Å². The highest BCUT2D eigenvalue weighted by molar-refractivity contribution is 6.35. The number of halogens is 2. The van der Waals surface area contributed by atoms with Crippen LogP contribution >= 0.6 is 23.2 Å². The number of imide groups is 1. The molecule has 1 spiro atoms. The summed E-state index contributed by atoms with van der Waals surface area (Å²) < 4.78 is 1.74. The van der Waals surface area contributed by atoms with Crippen LogP contribution in [0.2, 0.25) is 10.0 Å². The number of anilines is 1. The largest absolute Gasteiger partial charge is 0.332 e. The summed E-state index contributed by atoms with van der Waals surface area (Å²) in [4.78, 5) is 32.5. The van der Waals surface area contributed by atoms with Gasteiger partial charge in [-0.05, 0) is 35.9 Å². The van der Waals surface area contributed by atoms with Gasteiger partial charge in [-0.2, -0.15) is 10.4 Å². The van der Waals surface area contributed by atoms with Crippen LogP contribution in [0.25, 0.3) is 0 Å². The van der Waals surface area contributed by atoms with Gasteiger partial charge in [-0.1, -0.05) is 35.3 Å². The molecule has 0 unspecified atom stereocenters. The fraction of sp³-hybridized carbons (Fsp3) is 0.280. The summed E-state index contributed by atoms with van der Waals surface area (Å²) in [5, 5.41) is 14.2. The number of hydrogen-bond donors (Lipinski definition) is 0. The molecule has 3 heterocycles. The first-order valence-corrected chi connectivity index (χ1v) is 11.8. The number of rotatable bonds is 4. The van der Waals surface area contributed by atoms with Gasteiger partial charge in [-0.25, -0.2) is 9.69 Å². The third kappa shape index (κ3) is 3.86. The monoisotopic (exact) mass is 508 g/mol. The molecule has 2 aliphatic rings. The number of benzene rings is 2. The van der Waals surface area contributed by atoms with Crippen LogP contribution in [0, 0.1) is 11.3 Å². The molecule has 10 heteroatoms. The van der Waals surface area contributed by atoms with E-state index < -0.39 is 11.6 Å². The summed E-state index contributed by atoms with van der Waals surface area (Å²) in [6.45, 7) is 1.48. The molecule has 35 heavy (non-hydrogen) atoms. The number of carbonyl (C=O) groups excluding carboxylic acids is 2. The molecule has 1 aromatic heterocycles. The molecule has 0 aliphatic carbocycles. The number of carbonyl (C=O) groups is 2. The second kappa shape index (κ2) is 8.68. The molecule has 5 rings (SSSR count). The molecule has 0 bridgehead atoms. The molecule has 0 radical (unpaired) electrons. The summed E-state index contributed by atoms with van der Waals surface area (Å²) in [6.07, 6.45) is 3.74. The summed E-state index contributed by atoms with van der Waals surface area (Å²) in [6, 6.07) is 13.6. The van der Waals surface area contributed by atoms with E-state index in [2.05, 4.69) is 16.1 Å². The van der Waals surface area contributed by atoms with Gasteiger partial charge in [0.25, 0.3) is 5.91 Å². The maximum atomic E-state index is 14.2. The SMILES string of the molecule is CN1C(=O)N(c2cc(Cl)cc(Cl)c2)C(=O)[C@]12CN(Cc1cnn(C)c1)C[C@H]2c1ccc(C#N)cc1. The lowest BCUT2D eigenvalue weighted by Crippen LogP contribution is -2.53. The number of urea groups is 1. The van der Waals surface area contributed by atoms with Crippen molar-refractivity contribution in [3.63, 3.8) is 0 Å². The van der Waals surface area contributed by atoms with Crippen LogP contribution in [0.1, 0.15) is 22.6 Å². The van der Waals surface area contributed by atoms with E-state index in [1.54, 1.807) is 48.3 Å². The van der Waals surface area contributed by atoms with E-state index >= 15 is 0 Å². The average Bonchev–Trinajstić information content (AvgIpc) is 3.46. The van der Waals surface area contributed by atoms with Crippen LogP contribution < -0.4 is 4.90 Å². The molecule has 0 N–H and O–H groups in total. The molecule has 2 aliphatic heterocycles. The molecular weight excluding hydrogens is 487 g/mol. The molecule has 2 atom stereocenters. The van der Waals surface area contributed by atoms with E-state index in [-0.39, 0.29) is 11.8 Å². The van der Waals surface area contributed by atoms with Gasteiger partial charge < -0.3 is 4.90 Å². The van der Waals surface area contributed by atoms with Gasteiger partial charge in [0.2, 0.25) is 0 Å². The van der Waals surface area contributed by atoms with Crippen LogP contribution in [-0.4, -0.2) is 57.2 Å². The number of aryl methyl sites for hydroxylation is 1. The van der Waals surface area contributed by atoms with Gasteiger partial charge in [-0.3, -0.25) is 14.4 Å². The molecule has 8 nitrogen and oxygen atoms in total. The van der Waals surface area contributed by atoms with Gasteiger partial charge in [0.15, 0.2) is 0 Å². The Hall–Kier alpha value is -3.38. The highest BCUT2D eigenvalue weighted by atomic mass is 35.5. The van der Waals surface area contributed by atoms with Crippen molar-refractivity contribution >= 4 is 40.8 Å². The predicted octanol–water partition coefficient (Wildman–Crippen LogP) is 4.04. The number of nitrogens with zero attached hydrogens (tertiary/aromatic N) is 6. The molecule has 178 valence electrons. The minimum atomic E-state index is -1.14. The predicted molar refractivity (Wildman–Crippen MR) is 132 cm³/mol. The fourth-order valence-electron chi connectivity index (χ4n) is 5.23. The zero-order valence-electron chi connectivity index (χ0n) is 19.2. The second-order valence-electron chi connectivity index (χ2n) is 9.01. The van der Waals surface area contributed by atoms with Crippen LogP contribution in [0.4, 0.5) is 10.5 Å². The van der Waals surface area contributed by atoms with Crippen LogP contribution in [0.3, 0.4) is 0 Å². The standard InChI is InChI=1S/C25H22Cl2N6O2/c1-30-12-17(11-29-30)13-32-14-22(18-5-3-16(10-28)4-6-18)25(15-32)23(34)33(24(35)31(25)2)21-8-19(26)7-20(27)9-21/h3-9,11-12,22H,13-15H2,1-2H3/t22-,25+/m0/s1. The third-order valence-corrected chi connectivity index (χ3v) is 7.28. The van der Waals surface area contributed by atoms with Crippen molar-refractivity contribution in [2.45, 2.75) is 18.0 Å². The van der Waals surface area contributed by atoms with Gasteiger partial charge >= 0.3 is 6.03 Å². The molecule has 2 saturated heterocycles. The van der Waals surface area contributed by atoms with Gasteiger partial charge in [0.05, 0.1) is 23.5 Å². The Morgan fingerprint density at radius 2 is 1.80 bits per heavy atom. The summed E-state index contributed by atoms with van der Waals surface area (Å²) in [7, 11) is 3.52. The first-order valence-electron chi connectivity index (χ1n) is 11.0. The quantitative estimate of drug-likeness (QED) is 0.496. The van der Waals surface area contributed by atoms with Crippen LogP contribution in [0.5, 0.6) is 0 Å². The van der Waals surface area contributed by atoms with E-state index in [1.807, 2.05) is 25.4 Å². The van der Waals surface area contributed by atoms with Crippen LogP contribution in [-0.2, 0) is 18.4 Å². The number of likely N-dealkylation sites (tertiary alicyclic amines) is 1. The van der Waals surface area contributed by atoms with Gasteiger partial charge in [0.1, 0.15) is 5.54 Å². The minimum Gasteiger partial charge on any atom is -0.310 e. The van der Waals surface area contributed by atoms with Crippen molar-refractivity contribution in [2.24, 2.45) is 7.05 Å². The molecule has 2 aromatic carbocycles. The second-order valence-corrected chi connectivity index (χ2v) is 9.89. The highest BCUT2D eigenvalue weighted by Gasteiger charge is 2.64. The Labute approximate surface area is 212 Å². The van der Waals surface area contributed by atoms with E-state index in [1.165, 1.54) is 9.80 Å². The zero-order chi connectivity index (χ0) is 24.9. The fourth-order valence-corrected chi connectivity index (χ4v) is 5.74. The van der Waals surface area contributed by atoms with Crippen molar-refractivity contribution in [3.8, 4) is 6.07 Å². The molecular formula is C25H22Cl2N6O2. The Morgan fingerprint density at radius 1 is 1.11 bits per heavy atom. The van der Waals surface area contributed by atoms with E-state index in [0.717, 1.165) is 11.1 Å². The Morgan fingerprint density at radius 3 is 2.40 bits per heavy atom. The smallest absolute Gasteiger partial charge is 0.310 e. The maximum absolute atomic E-state index is 14.2. The summed E-state index contributed by atoms with van der Waals surface area (Å²) in [5.41, 5.74) is 1.64. The Bertz CT molecular complexity index is 1340. The van der Waals surface area contributed by atoms with Crippen LogP contribution in [0.15, 0.2) is 54.9 Å². The number of nitriles is 1. The van der Waals surface area contributed by atoms with Gasteiger partial charge in [0, 0.05) is 61.5 Å². The number of aromatic nitrogens is 2. The average molecular weight is 509 g/mol. The van der Waals surface area contributed by atoms with Crippen molar-refractivity contribution in [2.75, 3.05) is 25.0 Å². The summed E-state index contributed by atoms with van der Waals surface area (Å²) in [5.74, 6) is -0.639. The highest BCUT2D eigenvalue weighted by Crippen LogP contribution is 2.47. The van der Waals surface area contributed by atoms with E-state index in [9.17, 15) is 14.9 Å². The van der Waals surface area contributed by atoms with Crippen molar-refractivity contribution < 1.29 is 9.59 Å². The van der Waals surface area contributed by atoms with Gasteiger partial charge in [-0.15, -0.1) is 0 Å². The molecule has 0 saturated carbocycles. The number of amides is 3. The summed E-state index contributed by atoms with van der Waals surface area (Å²) >= 11 is 12.4. The Kier molecular flexibility index (Phi) is 5.80. The molecule has 3 aromatic rings. The van der Waals surface area contributed by atoms with Crippen molar-refractivity contribution in [3.05, 3.63) is 81.6 Å². The lowest BCUT2D eigenvalue weighted by atomic mass is 9.80. The first kappa shape index (κ1) is 23.4. The first-order chi connectivity index (χ1) is 16.7. The number of likely N-dealkylation sites (N-methyl/N-ethyl adjacent to an activating group) is 1. The van der Waals surface area contributed by atoms with Crippen molar-refractivity contribution in [1.82, 2.24) is 19.6 Å². The Balaban J connectivity index is 1.58. The third-order valence-electron chi connectivity index (χ3n) is 6.84. The molecule has 3 amide bonds. The minimum absolute atomic E-state index is 0.312. The topological polar surface area (TPSA) is 85.5 Å². The lowest BCUT2D eigenvalue weighted by molar-refractivity contribution is -0.124.